The van der Waals surface area contributed by atoms with Gasteiger partial charge in [0.15, 0.2) is 12.1 Å². The van der Waals surface area contributed by atoms with E-state index in [2.05, 4.69) is 0 Å². The molecule has 2 nitrogen and oxygen atoms in total. The lowest BCUT2D eigenvalue weighted by molar-refractivity contribution is 0.111. The smallest absolute Gasteiger partial charge is 0.250 e. The van der Waals surface area contributed by atoms with Gasteiger partial charge in [0, 0.05) is 0 Å². The fourth-order valence-corrected chi connectivity index (χ4v) is 2.18. The molecule has 0 aliphatic heterocycles. The summed E-state index contributed by atoms with van der Waals surface area (Å²) in [6, 6.07) is 2.29. The maximum atomic E-state index is 13.9. The molecule has 1 rings (SSSR count). The molecule has 0 unspecified atom stereocenters. The molecule has 0 N–H and O–H groups in total. The molecule has 0 heterocycles. The lowest BCUT2D eigenvalue weighted by Gasteiger charge is -2.36. The van der Waals surface area contributed by atoms with E-state index in [4.69, 9.17) is 4.43 Å². The molecule has 0 aromatic heterocycles. The van der Waals surface area contributed by atoms with Crippen LogP contribution < -0.4 is 4.43 Å². The summed E-state index contributed by atoms with van der Waals surface area (Å²) in [7, 11) is -2.21. The lowest BCUT2D eigenvalue weighted by Crippen LogP contribution is -2.44. The monoisotopic (exact) mass is 272 g/mol. The molecule has 0 radical (unpaired) electrons. The Morgan fingerprint density at radius 2 is 1.78 bits per heavy atom. The number of hydrogen-bond donors (Lipinski definition) is 0. The normalized spacial score (nSPS) is 12.4. The Kier molecular flexibility index (Phi) is 3.95. The summed E-state index contributed by atoms with van der Waals surface area (Å²) in [5, 5.41) is -0.102. The van der Waals surface area contributed by atoms with Gasteiger partial charge in [0.05, 0.1) is 5.56 Å². The van der Waals surface area contributed by atoms with Gasteiger partial charge in [0.2, 0.25) is 0 Å². The summed E-state index contributed by atoms with van der Waals surface area (Å²) in [4.78, 5) is 10.6. The van der Waals surface area contributed by atoms with Crippen molar-refractivity contribution >= 4 is 14.6 Å². The third-order valence-electron chi connectivity index (χ3n) is 3.38. The quantitative estimate of drug-likeness (QED) is 0.610. The zero-order chi connectivity index (χ0) is 14.1. The van der Waals surface area contributed by atoms with E-state index >= 15 is 0 Å². The number of benzene rings is 1. The van der Waals surface area contributed by atoms with Crippen LogP contribution in [0, 0.1) is 11.6 Å². The van der Waals surface area contributed by atoms with E-state index in [1.54, 1.807) is 0 Å². The molecule has 1 aromatic carbocycles. The Morgan fingerprint density at radius 1 is 1.22 bits per heavy atom. The molecule has 18 heavy (non-hydrogen) atoms. The highest BCUT2D eigenvalue weighted by Gasteiger charge is 2.39. The van der Waals surface area contributed by atoms with Crippen molar-refractivity contribution in [2.45, 2.75) is 38.9 Å². The molecule has 1 aromatic rings. The highest BCUT2D eigenvalue weighted by molar-refractivity contribution is 6.74. The van der Waals surface area contributed by atoms with Gasteiger partial charge in [-0.15, -0.1) is 0 Å². The van der Waals surface area contributed by atoms with Crippen LogP contribution in [0.5, 0.6) is 5.75 Å². The summed E-state index contributed by atoms with van der Waals surface area (Å²) in [6.45, 7) is 9.95. The molecule has 100 valence electrons. The first-order valence-corrected chi connectivity index (χ1v) is 8.63. The molecule has 0 spiro atoms. The van der Waals surface area contributed by atoms with Crippen molar-refractivity contribution in [3.05, 3.63) is 29.3 Å². The van der Waals surface area contributed by atoms with Gasteiger partial charge < -0.3 is 4.43 Å². The van der Waals surface area contributed by atoms with Gasteiger partial charge in [-0.05, 0) is 30.3 Å². The van der Waals surface area contributed by atoms with Crippen LogP contribution in [0.1, 0.15) is 31.1 Å². The second-order valence-corrected chi connectivity index (χ2v) is 10.5. The van der Waals surface area contributed by atoms with Crippen LogP contribution in [0.4, 0.5) is 8.78 Å². The summed E-state index contributed by atoms with van der Waals surface area (Å²) in [5.41, 5.74) is -0.578. The van der Waals surface area contributed by atoms with E-state index in [1.165, 1.54) is 6.07 Å². The van der Waals surface area contributed by atoms with Gasteiger partial charge >= 0.3 is 0 Å². The number of halogens is 2. The Hall–Kier alpha value is -1.23. The summed E-state index contributed by atoms with van der Waals surface area (Å²) < 4.78 is 32.8. The first-order chi connectivity index (χ1) is 8.10. The van der Waals surface area contributed by atoms with Crippen molar-refractivity contribution in [2.75, 3.05) is 0 Å². The number of carbonyl (C=O) groups excluding carboxylic acids is 1. The molecule has 0 saturated heterocycles. The highest BCUT2D eigenvalue weighted by Crippen LogP contribution is 2.38. The maximum absolute atomic E-state index is 13.9. The van der Waals surface area contributed by atoms with Crippen molar-refractivity contribution in [2.24, 2.45) is 0 Å². The van der Waals surface area contributed by atoms with Crippen LogP contribution in [0.2, 0.25) is 18.1 Å². The van der Waals surface area contributed by atoms with E-state index in [9.17, 15) is 13.6 Å². The van der Waals surface area contributed by atoms with Gasteiger partial charge in [0.1, 0.15) is 11.6 Å². The van der Waals surface area contributed by atoms with E-state index in [0.717, 1.165) is 6.07 Å². The molecule has 5 heteroatoms. The fourth-order valence-electron chi connectivity index (χ4n) is 1.16. The van der Waals surface area contributed by atoms with Crippen molar-refractivity contribution in [3.8, 4) is 5.75 Å². The third kappa shape index (κ3) is 2.77. The molecule has 0 amide bonds. The molecular weight excluding hydrogens is 254 g/mol. The second-order valence-electron chi connectivity index (χ2n) is 5.75. The van der Waals surface area contributed by atoms with Crippen LogP contribution in [-0.4, -0.2) is 14.6 Å². The van der Waals surface area contributed by atoms with Gasteiger partial charge in [-0.2, -0.15) is 0 Å². The van der Waals surface area contributed by atoms with Gasteiger partial charge in [-0.1, -0.05) is 20.8 Å². The van der Waals surface area contributed by atoms with Crippen molar-refractivity contribution in [1.29, 1.82) is 0 Å². The molecule has 0 saturated carbocycles. The molecular formula is C13H18F2O2Si. The van der Waals surface area contributed by atoms with Crippen LogP contribution in [0.3, 0.4) is 0 Å². The van der Waals surface area contributed by atoms with E-state index in [1.807, 2.05) is 33.9 Å². The Labute approximate surface area is 107 Å². The molecule has 0 atom stereocenters. The Balaban J connectivity index is 3.18. The predicted octanol–water partition coefficient (Wildman–Crippen LogP) is 4.16. The molecule has 0 aliphatic rings. The summed E-state index contributed by atoms with van der Waals surface area (Å²) in [5.74, 6) is -1.84. The van der Waals surface area contributed by atoms with Crippen LogP contribution in [0.25, 0.3) is 0 Å². The zero-order valence-corrected chi connectivity index (χ0v) is 12.3. The van der Waals surface area contributed by atoms with Crippen molar-refractivity contribution in [1.82, 2.24) is 0 Å². The van der Waals surface area contributed by atoms with Crippen molar-refractivity contribution < 1.29 is 18.0 Å². The highest BCUT2D eigenvalue weighted by atomic mass is 28.4. The average molecular weight is 272 g/mol. The van der Waals surface area contributed by atoms with Gasteiger partial charge in [-0.3, -0.25) is 4.79 Å². The topological polar surface area (TPSA) is 26.3 Å². The molecule has 0 fully saturated rings. The van der Waals surface area contributed by atoms with E-state index in [-0.39, 0.29) is 17.1 Å². The number of hydrogen-bond acceptors (Lipinski definition) is 2. The van der Waals surface area contributed by atoms with Crippen molar-refractivity contribution in [3.63, 3.8) is 0 Å². The Morgan fingerprint density at radius 3 is 2.22 bits per heavy atom. The standard InChI is InChI=1S/C13H18F2O2Si/c1-13(2,3)18(4,5)17-11-7-6-10(14)9(8-16)12(11)15/h6-8H,1-5H3. The Bertz CT molecular complexity index is 465. The minimum atomic E-state index is -2.21. The molecule has 0 bridgehead atoms. The van der Waals surface area contributed by atoms with Crippen LogP contribution >= 0.6 is 0 Å². The SMILES string of the molecule is CC(C)(C)[Si](C)(C)Oc1ccc(F)c(C=O)c1F. The number of carbonyl (C=O) groups is 1. The zero-order valence-electron chi connectivity index (χ0n) is 11.3. The van der Waals surface area contributed by atoms with E-state index < -0.39 is 25.5 Å². The number of aldehydes is 1. The molecule has 0 aliphatic carbocycles. The van der Waals surface area contributed by atoms with Gasteiger partial charge in [0.25, 0.3) is 8.32 Å². The predicted molar refractivity (Wildman–Crippen MR) is 69.6 cm³/mol. The number of rotatable bonds is 3. The lowest BCUT2D eigenvalue weighted by atomic mass is 10.2. The van der Waals surface area contributed by atoms with Crippen LogP contribution in [0.15, 0.2) is 12.1 Å². The first kappa shape index (κ1) is 14.8. The minimum absolute atomic E-state index is 0.0508. The minimum Gasteiger partial charge on any atom is -0.542 e. The summed E-state index contributed by atoms with van der Waals surface area (Å²) >= 11 is 0. The summed E-state index contributed by atoms with van der Waals surface area (Å²) in [6.07, 6.45) is 0.170. The average Bonchev–Trinajstić information content (AvgIpc) is 2.21. The maximum Gasteiger partial charge on any atom is 0.250 e. The fraction of sp³-hybridized carbons (Fsp3) is 0.462. The second kappa shape index (κ2) is 4.80. The van der Waals surface area contributed by atoms with Gasteiger partial charge in [-0.25, -0.2) is 8.78 Å². The van der Waals surface area contributed by atoms with E-state index in [0.29, 0.717) is 0 Å². The van der Waals surface area contributed by atoms with Crippen LogP contribution in [-0.2, 0) is 0 Å². The first-order valence-electron chi connectivity index (χ1n) is 5.72. The largest absolute Gasteiger partial charge is 0.542 e. The third-order valence-corrected chi connectivity index (χ3v) is 7.72.